The molecular formula is C45H77O9P. The van der Waals surface area contributed by atoms with E-state index in [9.17, 15) is 19.3 Å². The highest BCUT2D eigenvalue weighted by atomic mass is 31.2. The molecule has 1 unspecified atom stereocenters. The van der Waals surface area contributed by atoms with Gasteiger partial charge in [0.1, 0.15) is 6.61 Å². The SMILES string of the molecule is CC/C=C\C/C=C\C/C=C\C/C=C\C=C\C(O)CCCC(=O)OC[C@H](COP(=O)(O)O)OC(=O)CCCCCCCCCCC/C=C\CCCCCCCC. The molecule has 0 spiro atoms. The molecule has 3 N–H and O–H groups in total. The molecule has 0 aromatic rings. The Kier molecular flexibility index (Phi) is 37.8. The first-order valence-corrected chi connectivity index (χ1v) is 22.9. The van der Waals surface area contributed by atoms with Gasteiger partial charge in [-0.15, -0.1) is 0 Å². The summed E-state index contributed by atoms with van der Waals surface area (Å²) in [5, 5.41) is 10.2. The third kappa shape index (κ3) is 42.4. The van der Waals surface area contributed by atoms with Crippen LogP contribution in [0.3, 0.4) is 0 Å². The number of hydrogen-bond acceptors (Lipinski definition) is 7. The van der Waals surface area contributed by atoms with Gasteiger partial charge in [-0.2, -0.15) is 0 Å². The van der Waals surface area contributed by atoms with Gasteiger partial charge in [0.15, 0.2) is 6.10 Å². The predicted octanol–water partition coefficient (Wildman–Crippen LogP) is 12.0. The van der Waals surface area contributed by atoms with Gasteiger partial charge >= 0.3 is 19.8 Å². The summed E-state index contributed by atoms with van der Waals surface area (Å²) in [5.41, 5.74) is 0. The van der Waals surface area contributed by atoms with Gasteiger partial charge in [-0.1, -0.05) is 164 Å². The Morgan fingerprint density at radius 2 is 1.09 bits per heavy atom. The lowest BCUT2D eigenvalue weighted by molar-refractivity contribution is -0.161. The number of aliphatic hydroxyl groups is 1. The minimum atomic E-state index is -4.80. The minimum absolute atomic E-state index is 0.0333. The monoisotopic (exact) mass is 793 g/mol. The number of phosphoric acid groups is 1. The Morgan fingerprint density at radius 1 is 0.582 bits per heavy atom. The molecule has 0 amide bonds. The van der Waals surface area contributed by atoms with Crippen molar-refractivity contribution in [3.63, 3.8) is 0 Å². The molecular weight excluding hydrogens is 715 g/mol. The first-order valence-electron chi connectivity index (χ1n) is 21.3. The summed E-state index contributed by atoms with van der Waals surface area (Å²) in [6.45, 7) is 3.40. The standard InChI is InChI=1S/C45H77O9P/c1-3-5-7-9-11-13-15-17-18-19-20-21-22-24-26-28-30-32-34-38-45(48)54-43(41-53-55(49,50)51)40-52-44(47)39-35-37-42(46)36-33-31-29-27-25-23-16-14-12-10-8-6-4-2/h6,8,12,14,17-18,23,25,29,31,33,36,42-43,46H,3-5,7,9-11,13,15-16,19-22,24,26-28,30,32,34-35,37-41H2,1-2H3,(H2,49,50,51)/b8-6-,14-12-,18-17-,25-23-,31-29-,36-33+/t42?,43-/m1/s1. The van der Waals surface area contributed by atoms with E-state index >= 15 is 0 Å². The van der Waals surface area contributed by atoms with Crippen LogP contribution in [0.4, 0.5) is 0 Å². The van der Waals surface area contributed by atoms with Crippen LogP contribution in [0.1, 0.15) is 174 Å². The third-order valence-corrected chi connectivity index (χ3v) is 9.30. The molecule has 0 bridgehead atoms. The van der Waals surface area contributed by atoms with Gasteiger partial charge in [-0.3, -0.25) is 14.1 Å². The Morgan fingerprint density at radius 3 is 1.65 bits per heavy atom. The van der Waals surface area contributed by atoms with E-state index in [0.717, 1.165) is 44.9 Å². The van der Waals surface area contributed by atoms with Crippen molar-refractivity contribution in [3.8, 4) is 0 Å². The predicted molar refractivity (Wildman–Crippen MR) is 226 cm³/mol. The summed E-state index contributed by atoms with van der Waals surface area (Å²) < 4.78 is 26.3. The van der Waals surface area contributed by atoms with E-state index in [1.165, 1.54) is 83.5 Å². The highest BCUT2D eigenvalue weighted by Crippen LogP contribution is 2.36. The average molecular weight is 793 g/mol. The van der Waals surface area contributed by atoms with E-state index in [-0.39, 0.29) is 19.4 Å². The second-order valence-electron chi connectivity index (χ2n) is 14.1. The minimum Gasteiger partial charge on any atom is -0.462 e. The molecule has 0 aromatic heterocycles. The maximum Gasteiger partial charge on any atom is 0.469 e. The highest BCUT2D eigenvalue weighted by Gasteiger charge is 2.23. The smallest absolute Gasteiger partial charge is 0.462 e. The molecule has 0 aliphatic carbocycles. The number of carbonyl (C=O) groups excluding carboxylic acids is 2. The molecule has 55 heavy (non-hydrogen) atoms. The normalized spacial score (nSPS) is 13.8. The zero-order chi connectivity index (χ0) is 40.5. The first kappa shape index (κ1) is 52.5. The van der Waals surface area contributed by atoms with Crippen molar-refractivity contribution < 1.29 is 43.0 Å². The number of esters is 2. The van der Waals surface area contributed by atoms with Crippen molar-refractivity contribution in [2.24, 2.45) is 0 Å². The first-order chi connectivity index (χ1) is 26.7. The molecule has 0 radical (unpaired) electrons. The van der Waals surface area contributed by atoms with Crippen LogP contribution >= 0.6 is 7.82 Å². The van der Waals surface area contributed by atoms with Crippen molar-refractivity contribution in [2.45, 2.75) is 187 Å². The number of unbranched alkanes of at least 4 members (excludes halogenated alkanes) is 15. The molecule has 9 nitrogen and oxygen atoms in total. The molecule has 0 fully saturated rings. The number of carbonyl (C=O) groups is 2. The molecule has 0 aliphatic rings. The van der Waals surface area contributed by atoms with Gasteiger partial charge in [0.05, 0.1) is 12.7 Å². The number of aliphatic hydroxyl groups excluding tert-OH is 1. The fourth-order valence-corrected chi connectivity index (χ4v) is 5.99. The molecule has 0 saturated carbocycles. The summed E-state index contributed by atoms with van der Waals surface area (Å²) in [5.74, 6) is -1.09. The zero-order valence-electron chi connectivity index (χ0n) is 34.4. The van der Waals surface area contributed by atoms with Crippen LogP contribution in [0.25, 0.3) is 0 Å². The molecule has 0 aliphatic heterocycles. The van der Waals surface area contributed by atoms with Crippen molar-refractivity contribution in [3.05, 3.63) is 72.9 Å². The fourth-order valence-electron chi connectivity index (χ4n) is 5.63. The number of allylic oxidation sites excluding steroid dienone is 11. The number of hydrogen-bond donors (Lipinski definition) is 3. The average Bonchev–Trinajstić information content (AvgIpc) is 3.15. The summed E-state index contributed by atoms with van der Waals surface area (Å²) in [6.07, 6.45) is 48.0. The quantitative estimate of drug-likeness (QED) is 0.0183. The lowest BCUT2D eigenvalue weighted by atomic mass is 10.1. The summed E-state index contributed by atoms with van der Waals surface area (Å²) in [4.78, 5) is 42.9. The van der Waals surface area contributed by atoms with Gasteiger partial charge in [0.2, 0.25) is 0 Å². The van der Waals surface area contributed by atoms with Crippen molar-refractivity contribution >= 4 is 19.8 Å². The number of phosphoric ester groups is 1. The summed E-state index contributed by atoms with van der Waals surface area (Å²) in [6, 6.07) is 0. The van der Waals surface area contributed by atoms with Crippen LogP contribution in [0.5, 0.6) is 0 Å². The Labute approximate surface area is 334 Å². The van der Waals surface area contributed by atoms with Crippen LogP contribution < -0.4 is 0 Å². The lowest BCUT2D eigenvalue weighted by Gasteiger charge is -2.18. The highest BCUT2D eigenvalue weighted by molar-refractivity contribution is 7.46. The fraction of sp³-hybridized carbons (Fsp3) is 0.689. The van der Waals surface area contributed by atoms with Gasteiger partial charge < -0.3 is 24.4 Å². The molecule has 0 saturated heterocycles. The maximum atomic E-state index is 12.4. The van der Waals surface area contributed by atoms with Gasteiger partial charge in [0.25, 0.3) is 0 Å². The van der Waals surface area contributed by atoms with Gasteiger partial charge in [-0.25, -0.2) is 4.57 Å². The van der Waals surface area contributed by atoms with Crippen molar-refractivity contribution in [1.29, 1.82) is 0 Å². The van der Waals surface area contributed by atoms with Crippen LogP contribution in [0.15, 0.2) is 72.9 Å². The topological polar surface area (TPSA) is 140 Å². The van der Waals surface area contributed by atoms with Crippen molar-refractivity contribution in [1.82, 2.24) is 0 Å². The largest absolute Gasteiger partial charge is 0.469 e. The Balaban J connectivity index is 4.10. The third-order valence-electron chi connectivity index (χ3n) is 8.81. The molecule has 2 atom stereocenters. The van der Waals surface area contributed by atoms with E-state index in [1.54, 1.807) is 12.2 Å². The van der Waals surface area contributed by atoms with Crippen molar-refractivity contribution in [2.75, 3.05) is 13.2 Å². The zero-order valence-corrected chi connectivity index (χ0v) is 35.3. The van der Waals surface area contributed by atoms with Gasteiger partial charge in [0, 0.05) is 12.8 Å². The Bertz CT molecular complexity index is 1140. The number of ether oxygens (including phenoxy) is 2. The van der Waals surface area contributed by atoms with Crippen LogP contribution in [-0.2, 0) is 28.2 Å². The van der Waals surface area contributed by atoms with Gasteiger partial charge in [-0.05, 0) is 70.6 Å². The maximum absolute atomic E-state index is 12.4. The van der Waals surface area contributed by atoms with E-state index in [1.807, 2.05) is 12.2 Å². The molecule has 10 heteroatoms. The summed E-state index contributed by atoms with van der Waals surface area (Å²) >= 11 is 0. The summed E-state index contributed by atoms with van der Waals surface area (Å²) in [7, 11) is -4.80. The molecule has 0 rings (SSSR count). The van der Waals surface area contributed by atoms with E-state index in [4.69, 9.17) is 19.3 Å². The Hall–Kier alpha value is -2.55. The molecule has 316 valence electrons. The van der Waals surface area contributed by atoms with E-state index in [2.05, 4.69) is 67.0 Å². The lowest BCUT2D eigenvalue weighted by Crippen LogP contribution is -2.29. The van der Waals surface area contributed by atoms with Crippen LogP contribution in [0.2, 0.25) is 0 Å². The number of rotatable bonds is 38. The van der Waals surface area contributed by atoms with Crippen LogP contribution in [0, 0.1) is 0 Å². The van der Waals surface area contributed by atoms with Crippen LogP contribution in [-0.4, -0.2) is 52.3 Å². The molecule has 0 aromatic carbocycles. The van der Waals surface area contributed by atoms with E-state index < -0.39 is 38.6 Å². The second-order valence-corrected chi connectivity index (χ2v) is 15.4. The van der Waals surface area contributed by atoms with E-state index in [0.29, 0.717) is 19.3 Å². The molecule has 0 heterocycles. The second kappa shape index (κ2) is 39.7.